The Balaban J connectivity index is 1.46. The number of amides is 3. The SMILES string of the molecule is O=C(CN1C(=O)CSc2ccccc21)NNC(=O)c1n[nH]c(=O)c2ccccc12. The van der Waals surface area contributed by atoms with Crippen molar-refractivity contribution in [2.24, 2.45) is 0 Å². The molecule has 0 atom stereocenters. The Morgan fingerprint density at radius 2 is 1.76 bits per heavy atom. The molecule has 146 valence electrons. The first-order valence-electron chi connectivity index (χ1n) is 8.63. The lowest BCUT2D eigenvalue weighted by molar-refractivity contribution is -0.123. The van der Waals surface area contributed by atoms with Crippen molar-refractivity contribution in [2.75, 3.05) is 17.2 Å². The molecule has 1 aromatic heterocycles. The van der Waals surface area contributed by atoms with E-state index in [0.717, 1.165) is 4.90 Å². The Bertz CT molecular complexity index is 1190. The van der Waals surface area contributed by atoms with Crippen LogP contribution in [-0.4, -0.2) is 40.2 Å². The summed E-state index contributed by atoms with van der Waals surface area (Å²) in [5.74, 6) is -1.21. The van der Waals surface area contributed by atoms with Gasteiger partial charge < -0.3 is 4.90 Å². The number of aromatic amines is 1. The topological polar surface area (TPSA) is 124 Å². The number of anilines is 1. The predicted molar refractivity (Wildman–Crippen MR) is 107 cm³/mol. The zero-order valence-corrected chi connectivity index (χ0v) is 15.8. The van der Waals surface area contributed by atoms with E-state index in [9.17, 15) is 19.2 Å². The summed E-state index contributed by atoms with van der Waals surface area (Å²) in [6.07, 6.45) is 0. The number of benzene rings is 2. The summed E-state index contributed by atoms with van der Waals surface area (Å²) in [5, 5.41) is 6.71. The van der Waals surface area contributed by atoms with Gasteiger partial charge in [-0.25, -0.2) is 5.10 Å². The Hall–Kier alpha value is -3.66. The number of hydrogen-bond donors (Lipinski definition) is 3. The van der Waals surface area contributed by atoms with Crippen LogP contribution in [0.4, 0.5) is 5.69 Å². The number of H-pyrrole nitrogens is 1. The summed E-state index contributed by atoms with van der Waals surface area (Å²) in [6.45, 7) is -0.240. The van der Waals surface area contributed by atoms with E-state index in [1.165, 1.54) is 16.7 Å². The highest BCUT2D eigenvalue weighted by Gasteiger charge is 2.26. The van der Waals surface area contributed by atoms with Crippen LogP contribution in [0.3, 0.4) is 0 Å². The number of carbonyl (C=O) groups is 3. The van der Waals surface area contributed by atoms with Crippen LogP contribution in [0.1, 0.15) is 10.5 Å². The fraction of sp³-hybridized carbons (Fsp3) is 0.105. The molecule has 0 bridgehead atoms. The third-order valence-electron chi connectivity index (χ3n) is 4.34. The van der Waals surface area contributed by atoms with E-state index in [2.05, 4.69) is 21.0 Å². The Morgan fingerprint density at radius 1 is 1.03 bits per heavy atom. The molecule has 3 N–H and O–H groups in total. The average Bonchev–Trinajstić information content (AvgIpc) is 2.74. The molecule has 0 fully saturated rings. The van der Waals surface area contributed by atoms with Gasteiger partial charge in [-0.15, -0.1) is 11.8 Å². The number of nitrogens with one attached hydrogen (secondary N) is 3. The monoisotopic (exact) mass is 409 g/mol. The van der Waals surface area contributed by atoms with Crippen molar-refractivity contribution in [1.82, 2.24) is 21.0 Å². The van der Waals surface area contributed by atoms with Crippen LogP contribution in [0.5, 0.6) is 0 Å². The van der Waals surface area contributed by atoms with Crippen LogP contribution < -0.4 is 21.3 Å². The number of carbonyl (C=O) groups excluding carboxylic acids is 3. The van der Waals surface area contributed by atoms with Crippen molar-refractivity contribution in [3.63, 3.8) is 0 Å². The molecule has 0 unspecified atom stereocenters. The fourth-order valence-electron chi connectivity index (χ4n) is 2.98. The van der Waals surface area contributed by atoms with E-state index in [1.807, 2.05) is 12.1 Å². The van der Waals surface area contributed by atoms with Gasteiger partial charge >= 0.3 is 0 Å². The summed E-state index contributed by atoms with van der Waals surface area (Å²) in [6, 6.07) is 13.8. The first-order valence-corrected chi connectivity index (χ1v) is 9.62. The molecule has 4 rings (SSSR count). The zero-order chi connectivity index (χ0) is 20.4. The number of hydrazine groups is 1. The van der Waals surface area contributed by atoms with Crippen molar-refractivity contribution in [3.8, 4) is 0 Å². The number of aromatic nitrogens is 2. The lowest BCUT2D eigenvalue weighted by atomic mass is 10.1. The van der Waals surface area contributed by atoms with Gasteiger partial charge in [0.25, 0.3) is 17.4 Å². The minimum Gasteiger partial charge on any atom is -0.301 e. The molecule has 29 heavy (non-hydrogen) atoms. The van der Waals surface area contributed by atoms with Gasteiger partial charge in [-0.2, -0.15) is 5.10 Å². The van der Waals surface area contributed by atoms with Crippen molar-refractivity contribution < 1.29 is 14.4 Å². The summed E-state index contributed by atoms with van der Waals surface area (Å²) < 4.78 is 0. The molecule has 3 aromatic rings. The Morgan fingerprint density at radius 3 is 2.59 bits per heavy atom. The molecule has 3 amide bonds. The molecule has 1 aliphatic rings. The maximum atomic E-state index is 12.4. The van der Waals surface area contributed by atoms with E-state index in [-0.39, 0.29) is 23.9 Å². The normalized spacial score (nSPS) is 13.1. The summed E-state index contributed by atoms with van der Waals surface area (Å²) >= 11 is 1.42. The molecule has 0 saturated heterocycles. The van der Waals surface area contributed by atoms with Gasteiger partial charge in [-0.3, -0.25) is 30.0 Å². The highest BCUT2D eigenvalue weighted by atomic mass is 32.2. The quantitative estimate of drug-likeness (QED) is 0.550. The molecule has 2 heterocycles. The molecule has 1 aliphatic heterocycles. The van der Waals surface area contributed by atoms with Crippen LogP contribution in [0.2, 0.25) is 0 Å². The highest BCUT2D eigenvalue weighted by Crippen LogP contribution is 2.34. The van der Waals surface area contributed by atoms with Crippen LogP contribution in [0.25, 0.3) is 10.8 Å². The minimum absolute atomic E-state index is 0.0312. The number of para-hydroxylation sites is 1. The largest absolute Gasteiger partial charge is 0.301 e. The number of thioether (sulfide) groups is 1. The standard InChI is InChI=1S/C19H15N5O4S/c25-15(9-24-13-7-3-4-8-14(13)29-10-16(24)26)20-23-19(28)17-11-5-1-2-6-12(11)18(27)22-21-17/h1-8H,9-10H2,(H,20,25)(H,22,27)(H,23,28). The molecule has 9 nitrogen and oxygen atoms in total. The van der Waals surface area contributed by atoms with Crippen molar-refractivity contribution in [2.45, 2.75) is 4.90 Å². The summed E-state index contributed by atoms with van der Waals surface area (Å²) in [5.41, 5.74) is 4.77. The van der Waals surface area contributed by atoms with Gasteiger partial charge in [0.1, 0.15) is 6.54 Å². The minimum atomic E-state index is -0.688. The molecule has 2 aromatic carbocycles. The van der Waals surface area contributed by atoms with Crippen LogP contribution in [0, 0.1) is 0 Å². The molecular formula is C19H15N5O4S. The third kappa shape index (κ3) is 3.69. The lowest BCUT2D eigenvalue weighted by Crippen LogP contribution is -2.49. The number of fused-ring (bicyclic) bond motifs is 2. The van der Waals surface area contributed by atoms with E-state index in [4.69, 9.17) is 0 Å². The molecule has 0 aliphatic carbocycles. The number of nitrogens with zero attached hydrogens (tertiary/aromatic N) is 2. The Kier molecular flexibility index (Phi) is 5.00. The average molecular weight is 409 g/mol. The van der Waals surface area contributed by atoms with Crippen LogP contribution in [0.15, 0.2) is 58.2 Å². The van der Waals surface area contributed by atoms with Crippen molar-refractivity contribution >= 4 is 45.9 Å². The van der Waals surface area contributed by atoms with Gasteiger partial charge in [0.15, 0.2) is 5.69 Å². The predicted octanol–water partition coefficient (Wildman–Crippen LogP) is 0.823. The molecule has 0 spiro atoms. The second-order valence-electron chi connectivity index (χ2n) is 6.19. The second-order valence-corrected chi connectivity index (χ2v) is 7.20. The fourth-order valence-corrected chi connectivity index (χ4v) is 3.92. The summed E-state index contributed by atoms with van der Waals surface area (Å²) in [7, 11) is 0. The Labute approximate surface area is 168 Å². The molecule has 10 heteroatoms. The van der Waals surface area contributed by atoms with Gasteiger partial charge in [-0.1, -0.05) is 30.3 Å². The first-order chi connectivity index (χ1) is 14.0. The van der Waals surface area contributed by atoms with Gasteiger partial charge in [-0.05, 0) is 18.2 Å². The smallest absolute Gasteiger partial charge is 0.290 e. The van der Waals surface area contributed by atoms with E-state index < -0.39 is 17.4 Å². The highest BCUT2D eigenvalue weighted by molar-refractivity contribution is 8.00. The number of rotatable bonds is 3. The number of hydrogen-bond acceptors (Lipinski definition) is 6. The maximum Gasteiger partial charge on any atom is 0.290 e. The molecule has 0 radical (unpaired) electrons. The van der Waals surface area contributed by atoms with Gasteiger partial charge in [0.05, 0.1) is 16.8 Å². The summed E-state index contributed by atoms with van der Waals surface area (Å²) in [4.78, 5) is 51.1. The third-order valence-corrected chi connectivity index (χ3v) is 5.38. The zero-order valence-electron chi connectivity index (χ0n) is 15.0. The van der Waals surface area contributed by atoms with Crippen LogP contribution in [-0.2, 0) is 9.59 Å². The van der Waals surface area contributed by atoms with Crippen molar-refractivity contribution in [1.29, 1.82) is 0 Å². The van der Waals surface area contributed by atoms with Crippen molar-refractivity contribution in [3.05, 3.63) is 64.6 Å². The molecule has 0 saturated carbocycles. The van der Waals surface area contributed by atoms with Gasteiger partial charge in [0, 0.05) is 10.3 Å². The maximum absolute atomic E-state index is 12.4. The van der Waals surface area contributed by atoms with Crippen LogP contribution >= 0.6 is 11.8 Å². The van der Waals surface area contributed by atoms with E-state index >= 15 is 0 Å². The second kappa shape index (κ2) is 7.76. The van der Waals surface area contributed by atoms with E-state index in [1.54, 1.807) is 36.4 Å². The van der Waals surface area contributed by atoms with Gasteiger partial charge in [0.2, 0.25) is 5.91 Å². The first kappa shape index (κ1) is 18.7. The lowest BCUT2D eigenvalue weighted by Gasteiger charge is -2.28. The van der Waals surface area contributed by atoms with E-state index in [0.29, 0.717) is 16.5 Å². The molecular weight excluding hydrogens is 394 g/mol.